The van der Waals surface area contributed by atoms with Gasteiger partial charge in [-0.15, -0.1) is 0 Å². The number of anilines is 6. The van der Waals surface area contributed by atoms with Gasteiger partial charge in [-0.3, -0.25) is 4.90 Å². The number of pyridine rings is 1. The maximum Gasteiger partial charge on any atom is 0.415 e. The summed E-state index contributed by atoms with van der Waals surface area (Å²) in [6.45, 7) is 12.1. The van der Waals surface area contributed by atoms with Crippen molar-refractivity contribution in [3.63, 3.8) is 0 Å². The van der Waals surface area contributed by atoms with Gasteiger partial charge in [-0.25, -0.2) is 14.8 Å². The Morgan fingerprint density at radius 1 is 0.952 bits per heavy atom. The topological polar surface area (TPSA) is 99.2 Å². The first-order valence-electron chi connectivity index (χ1n) is 14.7. The van der Waals surface area contributed by atoms with Crippen molar-refractivity contribution >= 4 is 40.9 Å². The molecule has 3 saturated heterocycles. The quantitative estimate of drug-likeness (QED) is 0.478. The number of ether oxygens (including phenoxy) is 2. The Hall–Kier alpha value is -3.96. The average molecular weight is 571 g/mol. The first kappa shape index (κ1) is 26.9. The van der Waals surface area contributed by atoms with E-state index in [2.05, 4.69) is 72.1 Å². The summed E-state index contributed by atoms with van der Waals surface area (Å²) < 4.78 is 11.5. The summed E-state index contributed by atoms with van der Waals surface area (Å²) in [4.78, 5) is 35.7. The van der Waals surface area contributed by atoms with E-state index in [9.17, 15) is 4.79 Å². The second kappa shape index (κ2) is 10.1. The fourth-order valence-corrected chi connectivity index (χ4v) is 6.51. The molecule has 6 heterocycles. The van der Waals surface area contributed by atoms with Gasteiger partial charge in [-0.1, -0.05) is 13.0 Å². The van der Waals surface area contributed by atoms with Gasteiger partial charge < -0.3 is 29.5 Å². The van der Waals surface area contributed by atoms with Crippen LogP contribution in [-0.4, -0.2) is 90.6 Å². The lowest BCUT2D eigenvalue weighted by Crippen LogP contribution is -2.54. The highest BCUT2D eigenvalue weighted by Crippen LogP contribution is 2.53. The molecular formula is C31H38N8O3. The summed E-state index contributed by atoms with van der Waals surface area (Å²) in [5, 5.41) is 3.42. The highest BCUT2D eigenvalue weighted by molar-refractivity contribution is 5.88. The Balaban J connectivity index is 1.21. The smallest absolute Gasteiger partial charge is 0.415 e. The molecule has 220 valence electrons. The fourth-order valence-electron chi connectivity index (χ4n) is 6.51. The van der Waals surface area contributed by atoms with Crippen LogP contribution in [0.5, 0.6) is 0 Å². The predicted octanol–water partition coefficient (Wildman–Crippen LogP) is 4.30. The van der Waals surface area contributed by atoms with Crippen LogP contribution in [0, 0.1) is 0 Å². The lowest BCUT2D eigenvalue weighted by atomic mass is 9.73. The zero-order valence-electron chi connectivity index (χ0n) is 24.7. The van der Waals surface area contributed by atoms with Gasteiger partial charge in [0.25, 0.3) is 0 Å². The Labute approximate surface area is 246 Å². The van der Waals surface area contributed by atoms with Gasteiger partial charge in [0, 0.05) is 54.7 Å². The molecule has 0 radical (unpaired) electrons. The molecule has 2 atom stereocenters. The van der Waals surface area contributed by atoms with Crippen molar-refractivity contribution < 1.29 is 14.3 Å². The maximum atomic E-state index is 12.3. The minimum atomic E-state index is -0.369. The van der Waals surface area contributed by atoms with E-state index in [1.165, 1.54) is 5.69 Å². The van der Waals surface area contributed by atoms with Crippen molar-refractivity contribution in [2.75, 3.05) is 73.0 Å². The lowest BCUT2D eigenvalue weighted by Gasteiger charge is -2.46. The van der Waals surface area contributed by atoms with Gasteiger partial charge in [-0.2, -0.15) is 4.98 Å². The molecular weight excluding hydrogens is 532 g/mol. The molecule has 2 aromatic heterocycles. The molecule has 0 spiro atoms. The molecule has 11 heteroatoms. The minimum Gasteiger partial charge on any atom is -0.447 e. The largest absolute Gasteiger partial charge is 0.447 e. The number of benzene rings is 1. The first-order chi connectivity index (χ1) is 20.2. The summed E-state index contributed by atoms with van der Waals surface area (Å²) in [6.07, 6.45) is 2.35. The third kappa shape index (κ3) is 4.70. The summed E-state index contributed by atoms with van der Waals surface area (Å²) in [7, 11) is 2.17. The first-order valence-corrected chi connectivity index (χ1v) is 14.7. The molecule has 0 aliphatic carbocycles. The van der Waals surface area contributed by atoms with Gasteiger partial charge in [-0.05, 0) is 63.7 Å². The zero-order chi connectivity index (χ0) is 29.1. The standard InChI is InChI=1S/C31H38N8O3/c1-30(2)18-24-31(3,20-42-30)23-19-32-28(33-21-8-10-22(11-9-21)37-14-12-36(4)13-15-37)35-27(23)39(24)26-7-5-6-25(34-26)38-16-17-41-29(38)40/h5-11,19,24H,12-18,20H2,1-4H3,(H,32,33,35)/t24-,31-/m0/s1. The number of carbonyl (C=O) groups is 1. The van der Waals surface area contributed by atoms with Crippen LogP contribution in [0.2, 0.25) is 0 Å². The predicted molar refractivity (Wildman–Crippen MR) is 162 cm³/mol. The molecule has 4 aliphatic heterocycles. The molecule has 0 unspecified atom stereocenters. The number of hydrogen-bond donors (Lipinski definition) is 1. The Morgan fingerprint density at radius 3 is 2.45 bits per heavy atom. The van der Waals surface area contributed by atoms with Crippen molar-refractivity contribution in [3.05, 3.63) is 54.2 Å². The van der Waals surface area contributed by atoms with Crippen molar-refractivity contribution in [3.8, 4) is 0 Å². The number of hydrogen-bond acceptors (Lipinski definition) is 10. The normalized spacial score (nSPS) is 25.3. The van der Waals surface area contributed by atoms with Crippen LogP contribution in [0.1, 0.15) is 32.8 Å². The second-order valence-corrected chi connectivity index (χ2v) is 12.6. The van der Waals surface area contributed by atoms with E-state index in [4.69, 9.17) is 24.4 Å². The van der Waals surface area contributed by atoms with Gasteiger partial charge in [0.05, 0.1) is 24.8 Å². The van der Waals surface area contributed by atoms with Gasteiger partial charge in [0.1, 0.15) is 24.1 Å². The molecule has 3 fully saturated rings. The van der Waals surface area contributed by atoms with Gasteiger partial charge >= 0.3 is 6.09 Å². The van der Waals surface area contributed by atoms with E-state index in [1.54, 1.807) is 4.90 Å². The van der Waals surface area contributed by atoms with Crippen LogP contribution in [0.15, 0.2) is 48.7 Å². The lowest BCUT2D eigenvalue weighted by molar-refractivity contribution is -0.0893. The Bertz CT molecular complexity index is 1490. The molecule has 11 nitrogen and oxygen atoms in total. The molecule has 0 bridgehead atoms. The average Bonchev–Trinajstić information content (AvgIpc) is 3.52. The SMILES string of the molecule is CN1CCN(c2ccc(Nc3ncc4c(n3)N(c3cccc(N5CCOC5=O)n3)[C@H]3CC(C)(C)OC[C@@]43C)cc2)CC1. The number of nitrogens with one attached hydrogen (secondary N) is 1. The van der Waals surface area contributed by atoms with E-state index in [0.717, 1.165) is 55.5 Å². The Kier molecular flexibility index (Phi) is 6.47. The van der Waals surface area contributed by atoms with Crippen LogP contribution in [0.3, 0.4) is 0 Å². The number of rotatable bonds is 5. The monoisotopic (exact) mass is 570 g/mol. The number of amides is 1. The molecule has 42 heavy (non-hydrogen) atoms. The van der Waals surface area contributed by atoms with Gasteiger partial charge in [0.15, 0.2) is 0 Å². The molecule has 0 saturated carbocycles. The second-order valence-electron chi connectivity index (χ2n) is 12.6. The third-order valence-corrected chi connectivity index (χ3v) is 9.10. The van der Waals surface area contributed by atoms with E-state index >= 15 is 0 Å². The molecule has 1 aromatic carbocycles. The van der Waals surface area contributed by atoms with Crippen molar-refractivity contribution in [2.45, 2.75) is 44.2 Å². The number of carbonyl (C=O) groups excluding carboxylic acids is 1. The van der Waals surface area contributed by atoms with Crippen molar-refractivity contribution in [2.24, 2.45) is 0 Å². The van der Waals surface area contributed by atoms with Crippen molar-refractivity contribution in [1.29, 1.82) is 0 Å². The fraction of sp³-hybridized carbons (Fsp3) is 0.484. The van der Waals surface area contributed by atoms with E-state index in [0.29, 0.717) is 31.5 Å². The highest BCUT2D eigenvalue weighted by atomic mass is 16.6. The van der Waals surface area contributed by atoms with E-state index in [1.807, 2.05) is 24.4 Å². The van der Waals surface area contributed by atoms with E-state index in [-0.39, 0.29) is 23.2 Å². The molecule has 7 rings (SSSR count). The van der Waals surface area contributed by atoms with E-state index < -0.39 is 0 Å². The molecule has 1 N–H and O–H groups in total. The van der Waals surface area contributed by atoms with Crippen LogP contribution >= 0.6 is 0 Å². The number of fused-ring (bicyclic) bond motifs is 3. The summed E-state index contributed by atoms with van der Waals surface area (Å²) in [5.41, 5.74) is 2.56. The number of aromatic nitrogens is 3. The Morgan fingerprint density at radius 2 is 1.71 bits per heavy atom. The van der Waals surface area contributed by atoms with Gasteiger partial charge in [0.2, 0.25) is 5.95 Å². The number of cyclic esters (lactones) is 1. The number of nitrogens with zero attached hydrogens (tertiary/aromatic N) is 7. The molecule has 4 aliphatic rings. The van der Waals surface area contributed by atoms with Crippen LogP contribution in [0.25, 0.3) is 0 Å². The number of likely N-dealkylation sites (N-methyl/N-ethyl adjacent to an activating group) is 1. The third-order valence-electron chi connectivity index (χ3n) is 9.10. The van der Waals surface area contributed by atoms with Crippen molar-refractivity contribution in [1.82, 2.24) is 19.9 Å². The van der Waals surface area contributed by atoms with Crippen LogP contribution in [0.4, 0.5) is 39.6 Å². The molecule has 3 aromatic rings. The number of piperazine rings is 1. The maximum absolute atomic E-state index is 12.3. The van der Waals surface area contributed by atoms with Crippen LogP contribution in [-0.2, 0) is 14.9 Å². The summed E-state index contributed by atoms with van der Waals surface area (Å²) in [6, 6.07) is 14.3. The zero-order valence-corrected chi connectivity index (χ0v) is 24.7. The molecule has 1 amide bonds. The summed E-state index contributed by atoms with van der Waals surface area (Å²) in [5.74, 6) is 2.64. The highest BCUT2D eigenvalue weighted by Gasteiger charge is 2.55. The summed E-state index contributed by atoms with van der Waals surface area (Å²) >= 11 is 0. The van der Waals surface area contributed by atoms with Crippen LogP contribution < -0.4 is 20.0 Å². The minimum absolute atomic E-state index is 0.0527.